The molecule has 1 aliphatic carbocycles. The van der Waals surface area contributed by atoms with Gasteiger partial charge in [0, 0.05) is 43.3 Å². The van der Waals surface area contributed by atoms with Crippen LogP contribution in [0.4, 0.5) is 5.82 Å². The zero-order valence-corrected chi connectivity index (χ0v) is 20.4. The van der Waals surface area contributed by atoms with E-state index in [-0.39, 0.29) is 17.7 Å². The average molecular weight is 472 g/mol. The number of hydrogen-bond acceptors (Lipinski definition) is 6. The van der Waals surface area contributed by atoms with E-state index < -0.39 is 6.10 Å². The number of benzene rings is 1. The Bertz CT molecular complexity index is 960. The Hall–Kier alpha value is -2.22. The van der Waals surface area contributed by atoms with Crippen molar-refractivity contribution in [2.45, 2.75) is 45.1 Å². The maximum atomic E-state index is 13.6. The van der Waals surface area contributed by atoms with Gasteiger partial charge in [-0.05, 0) is 42.5 Å². The average Bonchev–Trinajstić information content (AvgIpc) is 3.11. The number of halogens is 1. The van der Waals surface area contributed by atoms with Gasteiger partial charge in [-0.1, -0.05) is 44.5 Å². The fourth-order valence-electron chi connectivity index (χ4n) is 4.87. The van der Waals surface area contributed by atoms with Crippen LogP contribution in [-0.2, 0) is 4.79 Å². The van der Waals surface area contributed by atoms with Crippen LogP contribution in [0.5, 0.6) is 0 Å². The number of aliphatic hydroxyl groups is 1. The summed E-state index contributed by atoms with van der Waals surface area (Å²) in [6.07, 6.45) is 1.72. The molecular weight excluding hydrogens is 438 g/mol. The number of fused-ring (bicyclic) bond motifs is 1. The molecule has 4 rings (SSSR count). The first-order chi connectivity index (χ1) is 15.8. The van der Waals surface area contributed by atoms with E-state index in [0.717, 1.165) is 29.2 Å². The van der Waals surface area contributed by atoms with E-state index in [1.165, 1.54) is 0 Å². The third-order valence-corrected chi connectivity index (χ3v) is 6.89. The quantitative estimate of drug-likeness (QED) is 0.644. The molecule has 0 spiro atoms. The third kappa shape index (κ3) is 5.31. The van der Waals surface area contributed by atoms with Crippen LogP contribution in [0.2, 0.25) is 5.02 Å². The van der Waals surface area contributed by atoms with Crippen LogP contribution in [0, 0.1) is 5.92 Å². The molecule has 1 amide bonds. The molecule has 2 heterocycles. The Morgan fingerprint density at radius 1 is 1.15 bits per heavy atom. The van der Waals surface area contributed by atoms with E-state index in [4.69, 9.17) is 11.6 Å². The summed E-state index contributed by atoms with van der Waals surface area (Å²) in [6, 6.07) is 7.61. The molecule has 1 fully saturated rings. The van der Waals surface area contributed by atoms with Gasteiger partial charge < -0.3 is 20.2 Å². The van der Waals surface area contributed by atoms with Gasteiger partial charge in [0.25, 0.3) is 0 Å². The van der Waals surface area contributed by atoms with Crippen LogP contribution < -0.4 is 10.2 Å². The highest BCUT2D eigenvalue weighted by Gasteiger charge is 2.35. The summed E-state index contributed by atoms with van der Waals surface area (Å²) in [5, 5.41) is 14.4. The number of aliphatic hydroxyl groups excluding tert-OH is 1. The first kappa shape index (κ1) is 23.9. The van der Waals surface area contributed by atoms with Crippen molar-refractivity contribution in [3.8, 4) is 0 Å². The molecule has 3 atom stereocenters. The van der Waals surface area contributed by atoms with Gasteiger partial charge in [-0.25, -0.2) is 9.97 Å². The second kappa shape index (κ2) is 10.4. The number of amides is 1. The Morgan fingerprint density at radius 3 is 2.52 bits per heavy atom. The minimum atomic E-state index is -0.516. The van der Waals surface area contributed by atoms with E-state index >= 15 is 0 Å². The highest BCUT2D eigenvalue weighted by molar-refractivity contribution is 6.30. The number of nitrogens with zero attached hydrogens (tertiary/aromatic N) is 4. The summed E-state index contributed by atoms with van der Waals surface area (Å²) in [4.78, 5) is 26.6. The van der Waals surface area contributed by atoms with E-state index in [1.807, 2.05) is 29.2 Å². The zero-order valence-electron chi connectivity index (χ0n) is 19.7. The minimum absolute atomic E-state index is 0.143. The SMILES string of the molecule is CC(C)CNC[C@@H](C(=O)N1CCN(c2ncnc3c2[C@H](C)CC3O)CC1)c1ccc(Cl)cc1. The molecule has 8 heteroatoms. The van der Waals surface area contributed by atoms with Gasteiger partial charge in [-0.15, -0.1) is 0 Å². The van der Waals surface area contributed by atoms with Crippen molar-refractivity contribution in [3.63, 3.8) is 0 Å². The molecule has 7 nitrogen and oxygen atoms in total. The molecule has 1 aromatic carbocycles. The second-order valence-corrected chi connectivity index (χ2v) is 10.1. The van der Waals surface area contributed by atoms with Gasteiger partial charge in [0.15, 0.2) is 0 Å². The minimum Gasteiger partial charge on any atom is -0.387 e. The van der Waals surface area contributed by atoms with Crippen LogP contribution in [0.15, 0.2) is 30.6 Å². The van der Waals surface area contributed by atoms with E-state index in [9.17, 15) is 9.90 Å². The van der Waals surface area contributed by atoms with Gasteiger partial charge in [0.1, 0.15) is 12.1 Å². The van der Waals surface area contributed by atoms with Crippen molar-refractivity contribution in [1.29, 1.82) is 0 Å². The monoisotopic (exact) mass is 471 g/mol. The summed E-state index contributed by atoms with van der Waals surface area (Å²) >= 11 is 6.08. The molecule has 178 valence electrons. The van der Waals surface area contributed by atoms with Crippen molar-refractivity contribution in [1.82, 2.24) is 20.2 Å². The standard InChI is InChI=1S/C25H34ClN5O2/c1-16(2)13-27-14-20(18-4-6-19(26)7-5-18)25(33)31-10-8-30(9-11-31)24-22-17(3)12-21(32)23(22)28-15-29-24/h4-7,15-17,20-21,27,32H,8-14H2,1-3H3/t17-,20-,21?/m1/s1. The molecule has 0 saturated carbocycles. The Kier molecular flexibility index (Phi) is 7.51. The van der Waals surface area contributed by atoms with Gasteiger partial charge >= 0.3 is 0 Å². The van der Waals surface area contributed by atoms with E-state index in [1.54, 1.807) is 6.33 Å². The topological polar surface area (TPSA) is 81.6 Å². The predicted molar refractivity (Wildman–Crippen MR) is 131 cm³/mol. The van der Waals surface area contributed by atoms with Crippen LogP contribution in [0.3, 0.4) is 0 Å². The highest BCUT2D eigenvalue weighted by atomic mass is 35.5. The van der Waals surface area contributed by atoms with Gasteiger partial charge in [0.05, 0.1) is 17.7 Å². The van der Waals surface area contributed by atoms with Crippen molar-refractivity contribution in [2.75, 3.05) is 44.2 Å². The van der Waals surface area contributed by atoms with Crippen LogP contribution in [0.25, 0.3) is 0 Å². The van der Waals surface area contributed by atoms with Crippen LogP contribution in [0.1, 0.15) is 62.0 Å². The predicted octanol–water partition coefficient (Wildman–Crippen LogP) is 3.35. The summed E-state index contributed by atoms with van der Waals surface area (Å²) in [6.45, 7) is 10.6. The van der Waals surface area contributed by atoms with Gasteiger partial charge in [0.2, 0.25) is 5.91 Å². The molecule has 33 heavy (non-hydrogen) atoms. The Morgan fingerprint density at radius 2 is 1.85 bits per heavy atom. The number of carbonyl (C=O) groups is 1. The normalized spacial score (nSPS) is 21.4. The summed E-state index contributed by atoms with van der Waals surface area (Å²) < 4.78 is 0. The van der Waals surface area contributed by atoms with Gasteiger partial charge in [-0.3, -0.25) is 4.79 Å². The van der Waals surface area contributed by atoms with E-state index in [2.05, 4.69) is 41.0 Å². The molecule has 2 aromatic rings. The largest absolute Gasteiger partial charge is 0.387 e. The number of carbonyl (C=O) groups excluding carboxylic acids is 1. The lowest BCUT2D eigenvalue weighted by molar-refractivity contribution is -0.133. The molecule has 1 aromatic heterocycles. The Balaban J connectivity index is 1.45. The number of anilines is 1. The number of nitrogens with one attached hydrogen (secondary N) is 1. The number of rotatable bonds is 7. The Labute approximate surface area is 201 Å². The number of piperazine rings is 1. The smallest absolute Gasteiger partial charge is 0.231 e. The van der Waals surface area contributed by atoms with Crippen molar-refractivity contribution >= 4 is 23.3 Å². The molecule has 1 aliphatic heterocycles. The fraction of sp³-hybridized carbons (Fsp3) is 0.560. The molecule has 2 aliphatic rings. The van der Waals surface area contributed by atoms with Crippen molar-refractivity contribution in [3.05, 3.63) is 52.4 Å². The fourth-order valence-corrected chi connectivity index (χ4v) is 5.00. The number of hydrogen-bond donors (Lipinski definition) is 2. The van der Waals surface area contributed by atoms with Crippen LogP contribution in [-0.4, -0.2) is 65.2 Å². The molecule has 0 radical (unpaired) electrons. The lowest BCUT2D eigenvalue weighted by Crippen LogP contribution is -2.51. The van der Waals surface area contributed by atoms with Crippen molar-refractivity contribution < 1.29 is 9.90 Å². The maximum absolute atomic E-state index is 13.6. The molecule has 2 N–H and O–H groups in total. The summed E-state index contributed by atoms with van der Waals surface area (Å²) in [5.41, 5.74) is 2.80. The second-order valence-electron chi connectivity index (χ2n) is 9.62. The zero-order chi connectivity index (χ0) is 23.5. The summed E-state index contributed by atoms with van der Waals surface area (Å²) in [5.74, 6) is 1.55. The molecular formula is C25H34ClN5O2. The lowest BCUT2D eigenvalue weighted by atomic mass is 9.96. The summed E-state index contributed by atoms with van der Waals surface area (Å²) in [7, 11) is 0. The first-order valence-corrected chi connectivity index (χ1v) is 12.3. The highest BCUT2D eigenvalue weighted by Crippen LogP contribution is 2.42. The first-order valence-electron chi connectivity index (χ1n) is 11.9. The van der Waals surface area contributed by atoms with Gasteiger partial charge in [-0.2, -0.15) is 0 Å². The van der Waals surface area contributed by atoms with Crippen molar-refractivity contribution in [2.24, 2.45) is 5.92 Å². The molecule has 0 bridgehead atoms. The molecule has 1 saturated heterocycles. The number of aromatic nitrogens is 2. The van der Waals surface area contributed by atoms with E-state index in [0.29, 0.717) is 50.1 Å². The van der Waals surface area contributed by atoms with Crippen LogP contribution >= 0.6 is 11.6 Å². The molecule has 1 unspecified atom stereocenters. The lowest BCUT2D eigenvalue weighted by Gasteiger charge is -2.38. The third-order valence-electron chi connectivity index (χ3n) is 6.64. The maximum Gasteiger partial charge on any atom is 0.231 e.